The van der Waals surface area contributed by atoms with Gasteiger partial charge in [-0.2, -0.15) is 0 Å². The van der Waals surface area contributed by atoms with Gasteiger partial charge in [-0.25, -0.2) is 8.78 Å². The van der Waals surface area contributed by atoms with Crippen LogP contribution >= 0.6 is 24.0 Å². The number of rotatable bonds is 1. The fraction of sp³-hybridized carbons (Fsp3) is 0.455. The topological polar surface area (TPSA) is 12.0 Å². The molecule has 0 unspecified atom stereocenters. The highest BCUT2D eigenvalue weighted by molar-refractivity contribution is 6.30. The molecule has 1 aromatic carbocycles. The second kappa shape index (κ2) is 5.80. The SMILES string of the molecule is Cl.Fc1cc(Cl)cc(F)c1[C@@H]1CCCCN1. The minimum Gasteiger partial charge on any atom is -0.310 e. The number of nitrogens with one attached hydrogen (secondary N) is 1. The molecular formula is C11H13Cl2F2N. The molecule has 0 radical (unpaired) electrons. The minimum absolute atomic E-state index is 0. The van der Waals surface area contributed by atoms with Gasteiger partial charge in [-0.3, -0.25) is 0 Å². The molecule has 0 saturated carbocycles. The molecule has 1 aromatic rings. The van der Waals surface area contributed by atoms with Crippen molar-refractivity contribution in [2.75, 3.05) is 6.54 Å². The van der Waals surface area contributed by atoms with Crippen LogP contribution in [-0.4, -0.2) is 6.54 Å². The Balaban J connectivity index is 0.00000128. The van der Waals surface area contributed by atoms with Gasteiger partial charge in [0.2, 0.25) is 0 Å². The van der Waals surface area contributed by atoms with E-state index in [0.29, 0.717) is 0 Å². The van der Waals surface area contributed by atoms with Gasteiger partial charge in [-0.05, 0) is 31.5 Å². The van der Waals surface area contributed by atoms with Crippen molar-refractivity contribution in [3.05, 3.63) is 34.4 Å². The minimum atomic E-state index is -0.556. The van der Waals surface area contributed by atoms with Crippen molar-refractivity contribution < 1.29 is 8.78 Å². The van der Waals surface area contributed by atoms with E-state index in [0.717, 1.165) is 37.9 Å². The maximum Gasteiger partial charge on any atom is 0.132 e. The molecule has 90 valence electrons. The van der Waals surface area contributed by atoms with E-state index < -0.39 is 11.6 Å². The zero-order valence-corrected chi connectivity index (χ0v) is 10.2. The average molecular weight is 268 g/mol. The summed E-state index contributed by atoms with van der Waals surface area (Å²) >= 11 is 5.56. The molecule has 0 amide bonds. The van der Waals surface area contributed by atoms with Gasteiger partial charge in [0, 0.05) is 16.6 Å². The van der Waals surface area contributed by atoms with Crippen LogP contribution in [0.25, 0.3) is 0 Å². The van der Waals surface area contributed by atoms with Crippen LogP contribution in [-0.2, 0) is 0 Å². The zero-order valence-electron chi connectivity index (χ0n) is 8.60. The molecule has 0 aromatic heterocycles. The lowest BCUT2D eigenvalue weighted by Gasteiger charge is -2.24. The summed E-state index contributed by atoms with van der Waals surface area (Å²) in [5.41, 5.74) is 0.124. The summed E-state index contributed by atoms with van der Waals surface area (Å²) in [5, 5.41) is 3.21. The molecule has 1 N–H and O–H groups in total. The molecule has 0 aliphatic carbocycles. The Labute approximate surface area is 105 Å². The molecule has 1 aliphatic rings. The summed E-state index contributed by atoms with van der Waals surface area (Å²) < 4.78 is 27.1. The standard InChI is InChI=1S/C11H12ClF2N.ClH/c12-7-5-8(13)11(9(14)6-7)10-3-1-2-4-15-10;/h5-6,10,15H,1-4H2;1H/t10-;/m0./s1. The average Bonchev–Trinajstić information content (AvgIpc) is 2.17. The Bertz CT molecular complexity index is 342. The van der Waals surface area contributed by atoms with Crippen molar-refractivity contribution in [3.8, 4) is 0 Å². The number of piperidine rings is 1. The van der Waals surface area contributed by atoms with Crippen molar-refractivity contribution in [1.82, 2.24) is 5.32 Å². The van der Waals surface area contributed by atoms with E-state index in [-0.39, 0.29) is 29.0 Å². The van der Waals surface area contributed by atoms with Gasteiger partial charge in [-0.15, -0.1) is 12.4 Å². The highest BCUT2D eigenvalue weighted by Crippen LogP contribution is 2.29. The highest BCUT2D eigenvalue weighted by Gasteiger charge is 2.22. The maximum atomic E-state index is 13.5. The fourth-order valence-electron chi connectivity index (χ4n) is 1.98. The van der Waals surface area contributed by atoms with Gasteiger partial charge in [0.25, 0.3) is 0 Å². The van der Waals surface area contributed by atoms with Crippen molar-refractivity contribution in [1.29, 1.82) is 0 Å². The fourth-order valence-corrected chi connectivity index (χ4v) is 2.18. The van der Waals surface area contributed by atoms with Crippen molar-refractivity contribution >= 4 is 24.0 Å². The monoisotopic (exact) mass is 267 g/mol. The van der Waals surface area contributed by atoms with Crippen LogP contribution in [0.15, 0.2) is 12.1 Å². The summed E-state index contributed by atoms with van der Waals surface area (Å²) in [6.45, 7) is 0.812. The van der Waals surface area contributed by atoms with Crippen LogP contribution in [0.5, 0.6) is 0 Å². The van der Waals surface area contributed by atoms with Crippen LogP contribution in [0.2, 0.25) is 5.02 Å². The van der Waals surface area contributed by atoms with Crippen LogP contribution in [0, 0.1) is 11.6 Å². The van der Waals surface area contributed by atoms with Gasteiger partial charge < -0.3 is 5.32 Å². The smallest absolute Gasteiger partial charge is 0.132 e. The van der Waals surface area contributed by atoms with E-state index in [4.69, 9.17) is 11.6 Å². The lowest BCUT2D eigenvalue weighted by molar-refractivity contribution is 0.385. The Hall–Kier alpha value is -0.380. The molecule has 1 saturated heterocycles. The predicted molar refractivity (Wildman–Crippen MR) is 63.2 cm³/mol. The molecule has 2 rings (SSSR count). The van der Waals surface area contributed by atoms with E-state index in [9.17, 15) is 8.78 Å². The number of hydrogen-bond donors (Lipinski definition) is 1. The van der Waals surface area contributed by atoms with Crippen LogP contribution in [0.1, 0.15) is 30.9 Å². The summed E-state index contributed by atoms with van der Waals surface area (Å²) in [4.78, 5) is 0. The first-order chi connectivity index (χ1) is 7.18. The first kappa shape index (κ1) is 13.7. The quantitative estimate of drug-likeness (QED) is 0.815. The molecule has 1 heterocycles. The van der Waals surface area contributed by atoms with Gasteiger partial charge in [0.05, 0.1) is 0 Å². The molecule has 1 fully saturated rings. The van der Waals surface area contributed by atoms with Crippen molar-refractivity contribution in [2.45, 2.75) is 25.3 Å². The van der Waals surface area contributed by atoms with E-state index in [2.05, 4.69) is 5.32 Å². The number of hydrogen-bond acceptors (Lipinski definition) is 1. The molecule has 5 heteroatoms. The number of halogens is 4. The largest absolute Gasteiger partial charge is 0.310 e. The normalized spacial score (nSPS) is 20.3. The second-order valence-corrected chi connectivity index (χ2v) is 4.22. The Kier molecular flexibility index (Phi) is 4.96. The first-order valence-electron chi connectivity index (χ1n) is 5.06. The summed E-state index contributed by atoms with van der Waals surface area (Å²) in [5.74, 6) is -1.11. The lowest BCUT2D eigenvalue weighted by Crippen LogP contribution is -2.28. The van der Waals surface area contributed by atoms with E-state index in [1.165, 1.54) is 0 Å². The van der Waals surface area contributed by atoms with Crippen LogP contribution in [0.4, 0.5) is 8.78 Å². The van der Waals surface area contributed by atoms with E-state index in [1.54, 1.807) is 0 Å². The van der Waals surface area contributed by atoms with Crippen molar-refractivity contribution in [2.24, 2.45) is 0 Å². The third-order valence-corrected chi connectivity index (χ3v) is 2.92. The molecule has 1 atom stereocenters. The Morgan fingerprint density at radius 3 is 2.31 bits per heavy atom. The molecule has 0 spiro atoms. The van der Waals surface area contributed by atoms with Crippen molar-refractivity contribution in [3.63, 3.8) is 0 Å². The molecule has 1 aliphatic heterocycles. The Morgan fingerprint density at radius 2 is 1.81 bits per heavy atom. The predicted octanol–water partition coefficient (Wildman–Crippen LogP) is 3.85. The summed E-state index contributed by atoms with van der Waals surface area (Å²) in [6.07, 6.45) is 2.84. The molecule has 1 nitrogen and oxygen atoms in total. The van der Waals surface area contributed by atoms with E-state index >= 15 is 0 Å². The molecular weight excluding hydrogens is 255 g/mol. The number of benzene rings is 1. The summed E-state index contributed by atoms with van der Waals surface area (Å²) in [7, 11) is 0. The Morgan fingerprint density at radius 1 is 1.19 bits per heavy atom. The molecule has 16 heavy (non-hydrogen) atoms. The second-order valence-electron chi connectivity index (χ2n) is 3.79. The van der Waals surface area contributed by atoms with Gasteiger partial charge in [0.1, 0.15) is 11.6 Å². The van der Waals surface area contributed by atoms with E-state index in [1.807, 2.05) is 0 Å². The van der Waals surface area contributed by atoms with Gasteiger partial charge in [-0.1, -0.05) is 18.0 Å². The first-order valence-corrected chi connectivity index (χ1v) is 5.44. The van der Waals surface area contributed by atoms with Gasteiger partial charge in [0.15, 0.2) is 0 Å². The lowest BCUT2D eigenvalue weighted by atomic mass is 9.97. The highest BCUT2D eigenvalue weighted by atomic mass is 35.5. The zero-order chi connectivity index (χ0) is 10.8. The summed E-state index contributed by atoms with van der Waals surface area (Å²) in [6, 6.07) is 2.11. The van der Waals surface area contributed by atoms with Gasteiger partial charge >= 0.3 is 0 Å². The molecule has 0 bridgehead atoms. The van der Waals surface area contributed by atoms with Crippen LogP contribution < -0.4 is 5.32 Å². The third-order valence-electron chi connectivity index (χ3n) is 2.70. The third kappa shape index (κ3) is 2.84. The maximum absolute atomic E-state index is 13.5. The van der Waals surface area contributed by atoms with Crippen LogP contribution in [0.3, 0.4) is 0 Å².